The molecule has 1 aromatic rings. The molecule has 122 valence electrons. The molecule has 0 saturated heterocycles. The Morgan fingerprint density at radius 3 is 2.45 bits per heavy atom. The molecule has 1 aromatic carbocycles. The van der Waals surface area contributed by atoms with Crippen LogP contribution in [0.1, 0.15) is 53.5 Å². The molecule has 0 aromatic heterocycles. The SMILES string of the molecule is CC(CC(=O)NC(C)(C)c1ccc2c(c1)OCO2)C(C)(C)C. The molecule has 0 aliphatic carbocycles. The molecule has 0 radical (unpaired) electrons. The topological polar surface area (TPSA) is 47.6 Å². The predicted octanol–water partition coefficient (Wildman–Crippen LogP) is 3.84. The number of rotatable bonds is 4. The number of fused-ring (bicyclic) bond motifs is 1. The maximum Gasteiger partial charge on any atom is 0.231 e. The van der Waals surface area contributed by atoms with Crippen molar-refractivity contribution < 1.29 is 14.3 Å². The average Bonchev–Trinajstić information content (AvgIpc) is 2.83. The Hall–Kier alpha value is -1.71. The highest BCUT2D eigenvalue weighted by molar-refractivity contribution is 5.77. The second-order valence-corrected chi connectivity index (χ2v) is 7.71. The number of hydrogen-bond donors (Lipinski definition) is 1. The molecule has 0 saturated carbocycles. The highest BCUT2D eigenvalue weighted by Crippen LogP contribution is 2.36. The molecule has 22 heavy (non-hydrogen) atoms. The normalized spacial score (nSPS) is 15.5. The first kappa shape index (κ1) is 16.7. The molecule has 1 heterocycles. The van der Waals surface area contributed by atoms with E-state index in [2.05, 4.69) is 33.0 Å². The van der Waals surface area contributed by atoms with Gasteiger partial charge in [0.2, 0.25) is 12.7 Å². The van der Waals surface area contributed by atoms with E-state index in [4.69, 9.17) is 9.47 Å². The van der Waals surface area contributed by atoms with Crippen LogP contribution in [-0.2, 0) is 10.3 Å². The molecule has 1 aliphatic rings. The number of benzene rings is 1. The van der Waals surface area contributed by atoms with Crippen molar-refractivity contribution in [1.29, 1.82) is 0 Å². The molecular formula is C18H27NO3. The van der Waals surface area contributed by atoms with Gasteiger partial charge in [-0.25, -0.2) is 0 Å². The van der Waals surface area contributed by atoms with Crippen molar-refractivity contribution in [1.82, 2.24) is 5.32 Å². The molecule has 0 bridgehead atoms. The number of ether oxygens (including phenoxy) is 2. The van der Waals surface area contributed by atoms with E-state index in [1.165, 1.54) is 0 Å². The summed E-state index contributed by atoms with van der Waals surface area (Å²) < 4.78 is 10.7. The minimum Gasteiger partial charge on any atom is -0.454 e. The van der Waals surface area contributed by atoms with Gasteiger partial charge < -0.3 is 14.8 Å². The summed E-state index contributed by atoms with van der Waals surface area (Å²) >= 11 is 0. The molecule has 1 aliphatic heterocycles. The Labute approximate surface area is 133 Å². The zero-order valence-corrected chi connectivity index (χ0v) is 14.4. The standard InChI is InChI=1S/C18H27NO3/c1-12(17(2,3)4)9-16(20)19-18(5,6)13-7-8-14-15(10-13)22-11-21-14/h7-8,10,12H,9,11H2,1-6H3,(H,19,20). The lowest BCUT2D eigenvalue weighted by Crippen LogP contribution is -2.42. The van der Waals surface area contributed by atoms with Crippen molar-refractivity contribution in [3.8, 4) is 11.5 Å². The molecule has 2 rings (SSSR count). The number of hydrogen-bond acceptors (Lipinski definition) is 3. The molecule has 0 fully saturated rings. The zero-order chi connectivity index (χ0) is 16.5. The number of carbonyl (C=O) groups excluding carboxylic acids is 1. The Balaban J connectivity index is 2.06. The van der Waals surface area contributed by atoms with Crippen LogP contribution in [0.4, 0.5) is 0 Å². The Morgan fingerprint density at radius 1 is 1.18 bits per heavy atom. The van der Waals surface area contributed by atoms with Gasteiger partial charge in [-0.15, -0.1) is 0 Å². The van der Waals surface area contributed by atoms with Crippen LogP contribution in [0.5, 0.6) is 11.5 Å². The first-order valence-corrected chi connectivity index (χ1v) is 7.81. The number of nitrogens with one attached hydrogen (secondary N) is 1. The molecule has 1 unspecified atom stereocenters. The van der Waals surface area contributed by atoms with Crippen LogP contribution >= 0.6 is 0 Å². The second kappa shape index (κ2) is 5.82. The van der Waals surface area contributed by atoms with Crippen molar-refractivity contribution in [3.05, 3.63) is 23.8 Å². The fraction of sp³-hybridized carbons (Fsp3) is 0.611. The first-order chi connectivity index (χ1) is 10.1. The molecule has 1 N–H and O–H groups in total. The summed E-state index contributed by atoms with van der Waals surface area (Å²) in [7, 11) is 0. The van der Waals surface area contributed by atoms with Crippen molar-refractivity contribution >= 4 is 5.91 Å². The monoisotopic (exact) mass is 305 g/mol. The lowest BCUT2D eigenvalue weighted by Gasteiger charge is -2.31. The third kappa shape index (κ3) is 3.73. The van der Waals surface area contributed by atoms with E-state index in [9.17, 15) is 4.79 Å². The minimum atomic E-state index is -0.449. The van der Waals surface area contributed by atoms with Crippen LogP contribution in [0.25, 0.3) is 0 Å². The van der Waals surface area contributed by atoms with E-state index < -0.39 is 5.54 Å². The quantitative estimate of drug-likeness (QED) is 0.919. The van der Waals surface area contributed by atoms with Gasteiger partial charge in [-0.3, -0.25) is 4.79 Å². The maximum atomic E-state index is 12.4. The minimum absolute atomic E-state index is 0.0742. The van der Waals surface area contributed by atoms with Crippen LogP contribution in [0.3, 0.4) is 0 Å². The maximum absolute atomic E-state index is 12.4. The molecule has 4 heteroatoms. The third-order valence-corrected chi connectivity index (χ3v) is 4.52. The average molecular weight is 305 g/mol. The first-order valence-electron chi connectivity index (χ1n) is 7.81. The van der Waals surface area contributed by atoms with Gasteiger partial charge in [0.15, 0.2) is 11.5 Å². The van der Waals surface area contributed by atoms with E-state index in [0.29, 0.717) is 12.3 Å². The number of amides is 1. The highest BCUT2D eigenvalue weighted by atomic mass is 16.7. The molecule has 1 atom stereocenters. The van der Waals surface area contributed by atoms with Crippen LogP contribution in [0.2, 0.25) is 0 Å². The van der Waals surface area contributed by atoms with Crippen molar-refractivity contribution in [2.75, 3.05) is 6.79 Å². The van der Waals surface area contributed by atoms with Crippen LogP contribution in [0.15, 0.2) is 18.2 Å². The van der Waals surface area contributed by atoms with Gasteiger partial charge in [0, 0.05) is 6.42 Å². The van der Waals surface area contributed by atoms with Gasteiger partial charge in [0.25, 0.3) is 0 Å². The van der Waals surface area contributed by atoms with E-state index >= 15 is 0 Å². The van der Waals surface area contributed by atoms with Gasteiger partial charge in [-0.05, 0) is 42.9 Å². The lowest BCUT2D eigenvalue weighted by atomic mass is 9.80. The number of carbonyl (C=O) groups is 1. The van der Waals surface area contributed by atoms with Crippen LogP contribution < -0.4 is 14.8 Å². The van der Waals surface area contributed by atoms with E-state index in [1.807, 2.05) is 32.0 Å². The Morgan fingerprint density at radius 2 is 1.82 bits per heavy atom. The molecule has 4 nitrogen and oxygen atoms in total. The smallest absolute Gasteiger partial charge is 0.231 e. The van der Waals surface area contributed by atoms with Crippen LogP contribution in [0, 0.1) is 11.3 Å². The Kier molecular flexibility index (Phi) is 4.41. The summed E-state index contributed by atoms with van der Waals surface area (Å²) in [6, 6.07) is 5.81. The lowest BCUT2D eigenvalue weighted by molar-refractivity contribution is -0.124. The molecule has 0 spiro atoms. The van der Waals surface area contributed by atoms with Gasteiger partial charge in [-0.2, -0.15) is 0 Å². The molecule has 1 amide bonds. The van der Waals surface area contributed by atoms with Crippen molar-refractivity contribution in [2.24, 2.45) is 11.3 Å². The van der Waals surface area contributed by atoms with Crippen molar-refractivity contribution in [3.63, 3.8) is 0 Å². The molecular weight excluding hydrogens is 278 g/mol. The van der Waals surface area contributed by atoms with Crippen LogP contribution in [-0.4, -0.2) is 12.7 Å². The fourth-order valence-corrected chi connectivity index (χ4v) is 2.34. The van der Waals surface area contributed by atoms with Gasteiger partial charge in [-0.1, -0.05) is 33.8 Å². The van der Waals surface area contributed by atoms with E-state index in [1.54, 1.807) is 0 Å². The largest absolute Gasteiger partial charge is 0.454 e. The summed E-state index contributed by atoms with van der Waals surface area (Å²) in [6.07, 6.45) is 0.525. The summed E-state index contributed by atoms with van der Waals surface area (Å²) in [5.41, 5.74) is 0.684. The summed E-state index contributed by atoms with van der Waals surface area (Å²) in [5.74, 6) is 1.89. The second-order valence-electron chi connectivity index (χ2n) is 7.71. The summed E-state index contributed by atoms with van der Waals surface area (Å²) in [5, 5.41) is 3.13. The zero-order valence-electron chi connectivity index (χ0n) is 14.4. The summed E-state index contributed by atoms with van der Waals surface area (Å²) in [6.45, 7) is 12.9. The van der Waals surface area contributed by atoms with Gasteiger partial charge in [0.1, 0.15) is 0 Å². The Bertz CT molecular complexity index is 558. The third-order valence-electron chi connectivity index (χ3n) is 4.52. The van der Waals surface area contributed by atoms with Crippen molar-refractivity contribution in [2.45, 2.75) is 53.5 Å². The van der Waals surface area contributed by atoms with E-state index in [-0.39, 0.29) is 18.1 Å². The highest BCUT2D eigenvalue weighted by Gasteiger charge is 2.28. The van der Waals surface area contributed by atoms with Gasteiger partial charge >= 0.3 is 0 Å². The van der Waals surface area contributed by atoms with Gasteiger partial charge in [0.05, 0.1) is 5.54 Å². The fourth-order valence-electron chi connectivity index (χ4n) is 2.34. The van der Waals surface area contributed by atoms with E-state index in [0.717, 1.165) is 17.1 Å². The predicted molar refractivity (Wildman–Crippen MR) is 87.0 cm³/mol. The summed E-state index contributed by atoms with van der Waals surface area (Å²) in [4.78, 5) is 12.4.